The maximum Gasteiger partial charge on any atom is 0.319 e. The van der Waals surface area contributed by atoms with Crippen LogP contribution in [0, 0.1) is 18.6 Å². The zero-order valence-corrected chi connectivity index (χ0v) is 18.3. The molecule has 0 aliphatic carbocycles. The molecule has 0 saturated carbocycles. The summed E-state index contributed by atoms with van der Waals surface area (Å²) in [7, 11) is 0. The number of thiazole rings is 1. The molecule has 4 aromatic rings. The van der Waals surface area contributed by atoms with Crippen molar-refractivity contribution in [2.24, 2.45) is 0 Å². The van der Waals surface area contributed by atoms with E-state index < -0.39 is 17.7 Å². The predicted molar refractivity (Wildman–Crippen MR) is 123 cm³/mol. The SMILES string of the molecule is Cc1nc(-c2ccccc2)sc1-c1ccc(=O)n(CCNC(=O)Nc2ccc(F)cc2F)n1. The smallest absolute Gasteiger partial charge is 0.319 e. The highest BCUT2D eigenvalue weighted by Gasteiger charge is 2.14. The van der Waals surface area contributed by atoms with Crippen LogP contribution < -0.4 is 16.2 Å². The van der Waals surface area contributed by atoms with Gasteiger partial charge >= 0.3 is 6.03 Å². The van der Waals surface area contributed by atoms with Gasteiger partial charge in [0, 0.05) is 24.2 Å². The van der Waals surface area contributed by atoms with Crippen molar-refractivity contribution in [2.75, 3.05) is 11.9 Å². The number of carbonyl (C=O) groups is 1. The van der Waals surface area contributed by atoms with Crippen molar-refractivity contribution in [3.63, 3.8) is 0 Å². The molecule has 2 N–H and O–H groups in total. The lowest BCUT2D eigenvalue weighted by Gasteiger charge is -2.10. The van der Waals surface area contributed by atoms with E-state index >= 15 is 0 Å². The Morgan fingerprint density at radius 2 is 1.88 bits per heavy atom. The number of benzene rings is 2. The monoisotopic (exact) mass is 467 g/mol. The summed E-state index contributed by atoms with van der Waals surface area (Å²) in [6.07, 6.45) is 0. The van der Waals surface area contributed by atoms with Crippen LogP contribution in [0.2, 0.25) is 0 Å². The number of nitrogens with zero attached hydrogens (tertiary/aromatic N) is 3. The van der Waals surface area contributed by atoms with Gasteiger partial charge in [-0.1, -0.05) is 30.3 Å². The molecule has 2 amide bonds. The molecule has 0 atom stereocenters. The zero-order chi connectivity index (χ0) is 23.4. The summed E-state index contributed by atoms with van der Waals surface area (Å²) < 4.78 is 27.9. The lowest BCUT2D eigenvalue weighted by Crippen LogP contribution is -2.34. The quantitative estimate of drug-likeness (QED) is 0.439. The predicted octanol–water partition coefficient (Wildman–Crippen LogP) is 4.44. The van der Waals surface area contributed by atoms with Crippen molar-refractivity contribution in [3.8, 4) is 21.1 Å². The fourth-order valence-corrected chi connectivity index (χ4v) is 4.14. The van der Waals surface area contributed by atoms with Crippen molar-refractivity contribution < 1.29 is 13.6 Å². The number of aryl methyl sites for hydroxylation is 1. The highest BCUT2D eigenvalue weighted by Crippen LogP contribution is 2.33. The number of halogens is 2. The molecule has 168 valence electrons. The van der Waals surface area contributed by atoms with Crippen LogP contribution in [0.5, 0.6) is 0 Å². The van der Waals surface area contributed by atoms with Crippen LogP contribution in [0.15, 0.2) is 65.5 Å². The molecule has 0 unspecified atom stereocenters. The van der Waals surface area contributed by atoms with E-state index in [1.807, 2.05) is 37.3 Å². The van der Waals surface area contributed by atoms with Crippen molar-refractivity contribution >= 4 is 23.1 Å². The molecule has 7 nitrogen and oxygen atoms in total. The van der Waals surface area contributed by atoms with Crippen LogP contribution in [-0.2, 0) is 6.54 Å². The Morgan fingerprint density at radius 1 is 1.09 bits per heavy atom. The number of nitrogens with one attached hydrogen (secondary N) is 2. The Hall–Kier alpha value is -3.92. The second-order valence-electron chi connectivity index (χ2n) is 7.08. The number of hydrogen-bond acceptors (Lipinski definition) is 5. The van der Waals surface area contributed by atoms with Crippen molar-refractivity contribution in [3.05, 3.63) is 88.3 Å². The topological polar surface area (TPSA) is 88.9 Å². The van der Waals surface area contributed by atoms with Gasteiger partial charge in [-0.25, -0.2) is 23.2 Å². The summed E-state index contributed by atoms with van der Waals surface area (Å²) in [5, 5.41) is 10.1. The molecule has 10 heteroatoms. The highest BCUT2D eigenvalue weighted by molar-refractivity contribution is 7.18. The number of aromatic nitrogens is 3. The third-order valence-corrected chi connectivity index (χ3v) is 5.93. The third-order valence-electron chi connectivity index (χ3n) is 4.71. The van der Waals surface area contributed by atoms with E-state index in [1.165, 1.54) is 22.1 Å². The van der Waals surface area contributed by atoms with Crippen LogP contribution in [0.4, 0.5) is 19.3 Å². The second-order valence-corrected chi connectivity index (χ2v) is 8.08. The largest absolute Gasteiger partial charge is 0.336 e. The number of rotatable bonds is 6. The number of urea groups is 1. The van der Waals surface area contributed by atoms with Crippen LogP contribution in [0.1, 0.15) is 5.69 Å². The molecule has 2 aromatic heterocycles. The van der Waals surface area contributed by atoms with Gasteiger partial charge in [0.2, 0.25) is 0 Å². The first-order valence-corrected chi connectivity index (χ1v) is 10.8. The molecule has 0 saturated heterocycles. The Balaban J connectivity index is 1.43. The molecule has 0 bridgehead atoms. The molecule has 4 rings (SSSR count). The van der Waals surface area contributed by atoms with Crippen molar-refractivity contribution in [1.29, 1.82) is 0 Å². The van der Waals surface area contributed by atoms with Crippen LogP contribution in [-0.4, -0.2) is 27.3 Å². The summed E-state index contributed by atoms with van der Waals surface area (Å²) in [4.78, 5) is 29.7. The number of carbonyl (C=O) groups excluding carboxylic acids is 1. The Kier molecular flexibility index (Phi) is 6.55. The first-order chi connectivity index (χ1) is 15.9. The average molecular weight is 468 g/mol. The maximum atomic E-state index is 13.7. The lowest BCUT2D eigenvalue weighted by atomic mass is 10.2. The number of hydrogen-bond donors (Lipinski definition) is 2. The van der Waals surface area contributed by atoms with Gasteiger partial charge in [0.15, 0.2) is 0 Å². The second kappa shape index (κ2) is 9.70. The van der Waals surface area contributed by atoms with Gasteiger partial charge in [0.25, 0.3) is 5.56 Å². The van der Waals surface area contributed by atoms with Gasteiger partial charge in [-0.15, -0.1) is 11.3 Å². The maximum absolute atomic E-state index is 13.7. The molecule has 0 radical (unpaired) electrons. The highest BCUT2D eigenvalue weighted by atomic mass is 32.1. The van der Waals surface area contributed by atoms with Crippen LogP contribution >= 0.6 is 11.3 Å². The minimum atomic E-state index is -0.884. The van der Waals surface area contributed by atoms with Gasteiger partial charge in [-0.05, 0) is 25.1 Å². The molecule has 2 aromatic carbocycles. The van der Waals surface area contributed by atoms with E-state index in [9.17, 15) is 18.4 Å². The summed E-state index contributed by atoms with van der Waals surface area (Å²) in [6, 6.07) is 15.0. The summed E-state index contributed by atoms with van der Waals surface area (Å²) >= 11 is 1.48. The molecule has 0 aliphatic rings. The molecular formula is C23H19F2N5O2S. The number of anilines is 1. The summed E-state index contributed by atoms with van der Waals surface area (Å²) in [5.41, 5.74) is 1.93. The first-order valence-electron chi connectivity index (χ1n) is 10.0. The van der Waals surface area contributed by atoms with E-state index in [4.69, 9.17) is 0 Å². The molecular weight excluding hydrogens is 448 g/mol. The summed E-state index contributed by atoms with van der Waals surface area (Å²) in [5.74, 6) is -1.62. The Morgan fingerprint density at radius 3 is 2.64 bits per heavy atom. The van der Waals surface area contributed by atoms with Gasteiger partial charge in [-0.3, -0.25) is 4.79 Å². The normalized spacial score (nSPS) is 10.8. The third kappa shape index (κ3) is 5.29. The molecule has 33 heavy (non-hydrogen) atoms. The van der Waals surface area contributed by atoms with Gasteiger partial charge in [0.05, 0.1) is 22.8 Å². The Labute approximate surface area is 191 Å². The fourth-order valence-electron chi connectivity index (χ4n) is 3.10. The minimum absolute atomic E-state index is 0.0714. The summed E-state index contributed by atoms with van der Waals surface area (Å²) in [6.45, 7) is 2.06. The van der Waals surface area contributed by atoms with Crippen LogP contribution in [0.3, 0.4) is 0 Å². The van der Waals surface area contributed by atoms with Crippen molar-refractivity contribution in [2.45, 2.75) is 13.5 Å². The lowest BCUT2D eigenvalue weighted by molar-refractivity contribution is 0.251. The molecule has 0 aliphatic heterocycles. The minimum Gasteiger partial charge on any atom is -0.336 e. The van der Waals surface area contributed by atoms with E-state index in [0.717, 1.165) is 33.3 Å². The fraction of sp³-hybridized carbons (Fsp3) is 0.130. The number of amides is 2. The van der Waals surface area contributed by atoms with Gasteiger partial charge in [-0.2, -0.15) is 5.10 Å². The molecule has 2 heterocycles. The van der Waals surface area contributed by atoms with Gasteiger partial charge in [0.1, 0.15) is 22.3 Å². The van der Waals surface area contributed by atoms with E-state index in [1.54, 1.807) is 6.07 Å². The van der Waals surface area contributed by atoms with Crippen LogP contribution in [0.25, 0.3) is 21.1 Å². The zero-order valence-electron chi connectivity index (χ0n) is 17.5. The molecule has 0 spiro atoms. The first kappa shape index (κ1) is 22.3. The molecule has 0 fully saturated rings. The van der Waals surface area contributed by atoms with Gasteiger partial charge < -0.3 is 10.6 Å². The Bertz CT molecular complexity index is 1350. The van der Waals surface area contributed by atoms with E-state index in [2.05, 4.69) is 20.7 Å². The van der Waals surface area contributed by atoms with E-state index in [0.29, 0.717) is 11.8 Å². The van der Waals surface area contributed by atoms with E-state index in [-0.39, 0.29) is 24.3 Å². The van der Waals surface area contributed by atoms with Crippen molar-refractivity contribution in [1.82, 2.24) is 20.1 Å². The average Bonchev–Trinajstić information content (AvgIpc) is 3.19. The standard InChI is InChI=1S/C23H19F2N5O2S/c1-14-21(33-22(27-14)15-5-3-2-4-6-15)19-9-10-20(31)30(29-19)12-11-26-23(32)28-18-8-7-16(24)13-17(18)25/h2-10,13H,11-12H2,1H3,(H2,26,28,32).